The molecule has 100 valence electrons. The molecule has 0 fully saturated rings. The number of hydrogen-bond acceptors (Lipinski definition) is 6. The van der Waals surface area contributed by atoms with Gasteiger partial charge in [0.2, 0.25) is 0 Å². The average molecular weight is 280 g/mol. The molecule has 0 aliphatic rings. The molecule has 0 saturated heterocycles. The van der Waals surface area contributed by atoms with Crippen LogP contribution >= 0.6 is 11.6 Å². The Bertz CT molecular complexity index is 590. The fraction of sp³-hybridized carbons (Fsp3) is 0.167. The lowest BCUT2D eigenvalue weighted by Gasteiger charge is -2.13. The molecule has 0 aliphatic heterocycles. The van der Waals surface area contributed by atoms with E-state index in [-0.39, 0.29) is 0 Å². The predicted molar refractivity (Wildman–Crippen MR) is 77.3 cm³/mol. The lowest BCUT2D eigenvalue weighted by Crippen LogP contribution is -2.05. The van der Waals surface area contributed by atoms with Gasteiger partial charge in [0.05, 0.1) is 12.8 Å². The average Bonchev–Trinajstić information content (AvgIpc) is 2.41. The minimum Gasteiger partial charge on any atom is -0.495 e. The molecule has 1 aromatic heterocycles. The van der Waals surface area contributed by atoms with E-state index in [2.05, 4.69) is 20.6 Å². The maximum atomic E-state index is 5.97. The number of ether oxygens (including phenoxy) is 1. The van der Waals surface area contributed by atoms with Gasteiger partial charge in [-0.1, -0.05) is 11.6 Å². The first kappa shape index (κ1) is 13.2. The number of methoxy groups -OCH3 is 1. The molecule has 0 amide bonds. The normalized spacial score (nSPS) is 10.1. The fourth-order valence-electron chi connectivity index (χ4n) is 1.60. The molecule has 2 rings (SSSR count). The number of benzene rings is 1. The zero-order valence-electron chi connectivity index (χ0n) is 10.6. The van der Waals surface area contributed by atoms with Crippen molar-refractivity contribution in [1.29, 1.82) is 0 Å². The summed E-state index contributed by atoms with van der Waals surface area (Å²) in [5.74, 6) is 1.69. The molecule has 0 radical (unpaired) electrons. The maximum absolute atomic E-state index is 5.97. The molecule has 4 N–H and O–H groups in total. The van der Waals surface area contributed by atoms with E-state index in [4.69, 9.17) is 22.1 Å². The highest BCUT2D eigenvalue weighted by Crippen LogP contribution is 2.32. The van der Waals surface area contributed by atoms with E-state index >= 15 is 0 Å². The van der Waals surface area contributed by atoms with Gasteiger partial charge in [0.25, 0.3) is 0 Å². The van der Waals surface area contributed by atoms with Gasteiger partial charge in [-0.15, -0.1) is 0 Å². The van der Waals surface area contributed by atoms with E-state index in [1.165, 1.54) is 6.33 Å². The van der Waals surface area contributed by atoms with Crippen molar-refractivity contribution < 1.29 is 4.74 Å². The molecule has 6 nitrogen and oxygen atoms in total. The summed E-state index contributed by atoms with van der Waals surface area (Å²) < 4.78 is 5.25. The number of anilines is 4. The molecule has 0 saturated carbocycles. The van der Waals surface area contributed by atoms with E-state index in [1.807, 2.05) is 0 Å². The lowest BCUT2D eigenvalue weighted by molar-refractivity contribution is 0.417. The van der Waals surface area contributed by atoms with Crippen LogP contribution in [0.4, 0.5) is 23.0 Å². The molecule has 7 heteroatoms. The molecular formula is C12H14ClN5O. The second-order valence-electron chi connectivity index (χ2n) is 3.70. The van der Waals surface area contributed by atoms with Crippen LogP contribution in [0.2, 0.25) is 5.02 Å². The highest BCUT2D eigenvalue weighted by Gasteiger charge is 2.10. The molecule has 19 heavy (non-hydrogen) atoms. The molecule has 0 unspecified atom stereocenters. The quantitative estimate of drug-likeness (QED) is 0.797. The van der Waals surface area contributed by atoms with Gasteiger partial charge in [0, 0.05) is 12.1 Å². The SMILES string of the molecule is CNc1ncnc(Nc2cc(Cl)ccc2OC)c1N. The second kappa shape index (κ2) is 5.62. The summed E-state index contributed by atoms with van der Waals surface area (Å²) in [6.07, 6.45) is 1.42. The van der Waals surface area contributed by atoms with Crippen LogP contribution in [0.1, 0.15) is 0 Å². The zero-order chi connectivity index (χ0) is 13.8. The number of rotatable bonds is 4. The summed E-state index contributed by atoms with van der Waals surface area (Å²) in [5.41, 5.74) is 7.05. The Labute approximate surface area is 116 Å². The van der Waals surface area contributed by atoms with Gasteiger partial charge in [-0.2, -0.15) is 0 Å². The fourth-order valence-corrected chi connectivity index (χ4v) is 1.77. The number of aromatic nitrogens is 2. The van der Waals surface area contributed by atoms with E-state index in [0.717, 1.165) is 0 Å². The summed E-state index contributed by atoms with van der Waals surface area (Å²) in [5, 5.41) is 6.56. The van der Waals surface area contributed by atoms with Gasteiger partial charge in [-0.3, -0.25) is 0 Å². The molecule has 1 aromatic carbocycles. The van der Waals surface area contributed by atoms with Crippen molar-refractivity contribution in [1.82, 2.24) is 9.97 Å². The smallest absolute Gasteiger partial charge is 0.159 e. The minimum atomic E-state index is 0.423. The Morgan fingerprint density at radius 3 is 2.68 bits per heavy atom. The van der Waals surface area contributed by atoms with Gasteiger partial charge >= 0.3 is 0 Å². The van der Waals surface area contributed by atoms with E-state index in [9.17, 15) is 0 Å². The third kappa shape index (κ3) is 2.79. The van der Waals surface area contributed by atoms with E-state index in [0.29, 0.717) is 33.8 Å². The largest absolute Gasteiger partial charge is 0.495 e. The van der Waals surface area contributed by atoms with Crippen molar-refractivity contribution in [3.63, 3.8) is 0 Å². The Hall–Kier alpha value is -2.21. The van der Waals surface area contributed by atoms with Gasteiger partial charge in [-0.25, -0.2) is 9.97 Å². The molecule has 0 aliphatic carbocycles. The number of nitrogens with two attached hydrogens (primary N) is 1. The van der Waals surface area contributed by atoms with Crippen LogP contribution in [0.15, 0.2) is 24.5 Å². The standard InChI is InChI=1S/C12H14ClN5O/c1-15-11-10(14)12(17-6-16-11)18-8-5-7(13)3-4-9(8)19-2/h3-6H,14H2,1-2H3,(H2,15,16,17,18). The summed E-state index contributed by atoms with van der Waals surface area (Å²) in [7, 11) is 3.32. The van der Waals surface area contributed by atoms with E-state index < -0.39 is 0 Å². The molecular weight excluding hydrogens is 266 g/mol. The van der Waals surface area contributed by atoms with Crippen molar-refractivity contribution in [3.05, 3.63) is 29.5 Å². The third-order valence-electron chi connectivity index (χ3n) is 2.54. The number of nitrogens with zero attached hydrogens (tertiary/aromatic N) is 2. The Morgan fingerprint density at radius 1 is 1.26 bits per heavy atom. The van der Waals surface area contributed by atoms with Crippen molar-refractivity contribution in [2.45, 2.75) is 0 Å². The number of hydrogen-bond donors (Lipinski definition) is 3. The third-order valence-corrected chi connectivity index (χ3v) is 2.77. The second-order valence-corrected chi connectivity index (χ2v) is 4.14. The predicted octanol–water partition coefficient (Wildman–Crippen LogP) is 2.51. The zero-order valence-corrected chi connectivity index (χ0v) is 11.3. The van der Waals surface area contributed by atoms with Crippen LogP contribution in [0, 0.1) is 0 Å². The highest BCUT2D eigenvalue weighted by atomic mass is 35.5. The first-order valence-electron chi connectivity index (χ1n) is 5.54. The van der Waals surface area contributed by atoms with Crippen molar-refractivity contribution in [2.24, 2.45) is 0 Å². The molecule has 0 atom stereocenters. The number of nitrogen functional groups attached to an aromatic ring is 1. The van der Waals surface area contributed by atoms with Crippen LogP contribution in [0.5, 0.6) is 5.75 Å². The van der Waals surface area contributed by atoms with Crippen molar-refractivity contribution in [2.75, 3.05) is 30.5 Å². The molecule has 0 bridgehead atoms. The van der Waals surface area contributed by atoms with Gasteiger partial charge in [0.15, 0.2) is 11.6 Å². The van der Waals surface area contributed by atoms with Crippen LogP contribution in [-0.2, 0) is 0 Å². The van der Waals surface area contributed by atoms with Gasteiger partial charge in [0.1, 0.15) is 17.8 Å². The van der Waals surface area contributed by atoms with Gasteiger partial charge < -0.3 is 21.1 Å². The lowest BCUT2D eigenvalue weighted by atomic mass is 10.3. The first-order chi connectivity index (χ1) is 9.15. The van der Waals surface area contributed by atoms with Crippen molar-refractivity contribution in [3.8, 4) is 5.75 Å². The summed E-state index contributed by atoms with van der Waals surface area (Å²) >= 11 is 5.97. The Morgan fingerprint density at radius 2 is 2.00 bits per heavy atom. The maximum Gasteiger partial charge on any atom is 0.159 e. The van der Waals surface area contributed by atoms with Gasteiger partial charge in [-0.05, 0) is 18.2 Å². The number of nitrogens with one attached hydrogen (secondary N) is 2. The van der Waals surface area contributed by atoms with Crippen LogP contribution < -0.4 is 21.1 Å². The van der Waals surface area contributed by atoms with Crippen molar-refractivity contribution >= 4 is 34.6 Å². The number of halogens is 1. The first-order valence-corrected chi connectivity index (χ1v) is 5.92. The molecule has 2 aromatic rings. The van der Waals surface area contributed by atoms with Crippen LogP contribution in [-0.4, -0.2) is 24.1 Å². The van der Waals surface area contributed by atoms with Crippen LogP contribution in [0.3, 0.4) is 0 Å². The van der Waals surface area contributed by atoms with Crippen LogP contribution in [0.25, 0.3) is 0 Å². The molecule has 0 spiro atoms. The molecule has 1 heterocycles. The highest BCUT2D eigenvalue weighted by molar-refractivity contribution is 6.31. The minimum absolute atomic E-state index is 0.423. The van der Waals surface area contributed by atoms with E-state index in [1.54, 1.807) is 32.4 Å². The summed E-state index contributed by atoms with van der Waals surface area (Å²) in [6.45, 7) is 0. The topological polar surface area (TPSA) is 85.1 Å². The monoisotopic (exact) mass is 279 g/mol. The Kier molecular flexibility index (Phi) is 3.91. The Balaban J connectivity index is 2.38. The summed E-state index contributed by atoms with van der Waals surface area (Å²) in [6, 6.07) is 5.25. The summed E-state index contributed by atoms with van der Waals surface area (Å²) in [4.78, 5) is 8.12.